The summed E-state index contributed by atoms with van der Waals surface area (Å²) in [6.45, 7) is 8.37. The van der Waals surface area contributed by atoms with Crippen LogP contribution in [0.25, 0.3) is 0 Å². The predicted octanol–water partition coefficient (Wildman–Crippen LogP) is 4.20. The van der Waals surface area contributed by atoms with Crippen molar-refractivity contribution in [1.29, 1.82) is 0 Å². The van der Waals surface area contributed by atoms with Crippen molar-refractivity contribution in [1.82, 2.24) is 9.62 Å². The van der Waals surface area contributed by atoms with Crippen LogP contribution in [0.15, 0.2) is 36.9 Å². The van der Waals surface area contributed by atoms with E-state index in [9.17, 15) is 9.90 Å². The van der Waals surface area contributed by atoms with Crippen LogP contribution >= 0.6 is 23.5 Å². The Morgan fingerprint density at radius 1 is 1.50 bits per heavy atom. The second-order valence-corrected chi connectivity index (χ2v) is 8.58. The highest BCUT2D eigenvalue weighted by Gasteiger charge is 2.45. The maximum absolute atomic E-state index is 13.4. The van der Waals surface area contributed by atoms with E-state index in [0.717, 1.165) is 24.2 Å². The van der Waals surface area contributed by atoms with Crippen LogP contribution in [0, 0.1) is 5.41 Å². The highest BCUT2D eigenvalue weighted by Crippen LogP contribution is 2.44. The number of carbonyl (C=O) groups is 1. The van der Waals surface area contributed by atoms with Gasteiger partial charge in [-0.3, -0.25) is 9.52 Å². The van der Waals surface area contributed by atoms with E-state index in [1.807, 2.05) is 42.2 Å². The first-order valence-electron chi connectivity index (χ1n) is 9.11. The maximum atomic E-state index is 13.4. The van der Waals surface area contributed by atoms with Crippen molar-refractivity contribution >= 4 is 29.5 Å². The van der Waals surface area contributed by atoms with Crippen LogP contribution in [-0.4, -0.2) is 40.9 Å². The number of carbonyl (C=O) groups excluding carboxylic acids is 1. The third kappa shape index (κ3) is 4.83. The number of aliphatic hydroxyl groups is 1. The van der Waals surface area contributed by atoms with E-state index in [0.29, 0.717) is 18.0 Å². The summed E-state index contributed by atoms with van der Waals surface area (Å²) >= 11 is 7.63. The topological polar surface area (TPSA) is 52.6 Å². The molecule has 6 heteroatoms. The van der Waals surface area contributed by atoms with E-state index in [1.165, 1.54) is 0 Å². The molecule has 0 aromatic heterocycles. The SMILES string of the molecule is C=CC[C@@]1(C)CCC(c2ccc(Cl)cc2)N(C(CO)CNSCC)C1=O. The van der Waals surface area contributed by atoms with Crippen LogP contribution in [0.4, 0.5) is 0 Å². The van der Waals surface area contributed by atoms with Gasteiger partial charge in [-0.05, 0) is 37.0 Å². The normalized spacial score (nSPS) is 24.5. The molecule has 144 valence electrons. The van der Waals surface area contributed by atoms with Crippen molar-refractivity contribution in [3.8, 4) is 0 Å². The van der Waals surface area contributed by atoms with Crippen LogP contribution in [0.2, 0.25) is 5.02 Å². The van der Waals surface area contributed by atoms with E-state index in [4.69, 9.17) is 11.6 Å². The molecular weight excluding hydrogens is 368 g/mol. The molecule has 1 aliphatic rings. The standard InChI is InChI=1S/C20H29ClN2O2S/c1-4-11-20(3)12-10-18(15-6-8-16(21)9-7-15)23(19(20)25)17(14-24)13-22-26-5-2/h4,6-9,17-18,22,24H,1,5,10-14H2,2-3H3/t17?,18?,20-/m0/s1. The maximum Gasteiger partial charge on any atom is 0.229 e. The number of piperidine rings is 1. The Labute approximate surface area is 166 Å². The summed E-state index contributed by atoms with van der Waals surface area (Å²) in [5.41, 5.74) is 0.598. The lowest BCUT2D eigenvalue weighted by molar-refractivity contribution is -0.153. The smallest absolute Gasteiger partial charge is 0.229 e. The molecule has 0 aliphatic carbocycles. The van der Waals surface area contributed by atoms with Gasteiger partial charge >= 0.3 is 0 Å². The first-order chi connectivity index (χ1) is 12.5. The minimum absolute atomic E-state index is 0.0526. The number of rotatable bonds is 9. The van der Waals surface area contributed by atoms with Gasteiger partial charge in [-0.15, -0.1) is 6.58 Å². The lowest BCUT2D eigenvalue weighted by Gasteiger charge is -2.47. The number of allylic oxidation sites excluding steroid dienone is 1. The largest absolute Gasteiger partial charge is 0.394 e. The molecule has 0 bridgehead atoms. The van der Waals surface area contributed by atoms with Crippen LogP contribution in [0.3, 0.4) is 0 Å². The zero-order valence-electron chi connectivity index (χ0n) is 15.6. The molecule has 1 aromatic rings. The Morgan fingerprint density at radius 3 is 2.77 bits per heavy atom. The monoisotopic (exact) mass is 396 g/mol. The zero-order valence-corrected chi connectivity index (χ0v) is 17.2. The van der Waals surface area contributed by atoms with Crippen molar-refractivity contribution in [3.05, 3.63) is 47.5 Å². The molecule has 0 saturated carbocycles. The van der Waals surface area contributed by atoms with Crippen molar-refractivity contribution in [2.75, 3.05) is 18.9 Å². The second kappa shape index (κ2) is 9.79. The number of halogens is 1. The van der Waals surface area contributed by atoms with Gasteiger partial charge in [0.2, 0.25) is 5.91 Å². The van der Waals surface area contributed by atoms with Gasteiger partial charge in [0.1, 0.15) is 0 Å². The lowest BCUT2D eigenvalue weighted by atomic mass is 9.74. The molecule has 1 fully saturated rings. The van der Waals surface area contributed by atoms with Crippen molar-refractivity contribution < 1.29 is 9.90 Å². The van der Waals surface area contributed by atoms with Gasteiger partial charge in [0, 0.05) is 17.3 Å². The molecule has 26 heavy (non-hydrogen) atoms. The average molecular weight is 397 g/mol. The van der Waals surface area contributed by atoms with E-state index in [1.54, 1.807) is 11.9 Å². The molecule has 1 aromatic carbocycles. The van der Waals surface area contributed by atoms with Gasteiger partial charge in [-0.25, -0.2) is 0 Å². The number of nitrogens with one attached hydrogen (secondary N) is 1. The Bertz CT molecular complexity index is 610. The number of hydrogen-bond donors (Lipinski definition) is 2. The molecule has 2 rings (SSSR count). The third-order valence-electron chi connectivity index (χ3n) is 5.08. The van der Waals surface area contributed by atoms with Crippen LogP contribution in [0.5, 0.6) is 0 Å². The summed E-state index contributed by atoms with van der Waals surface area (Å²) in [5.74, 6) is 1.02. The molecule has 2 unspecified atom stereocenters. The zero-order chi connectivity index (χ0) is 19.2. The molecular formula is C20H29ClN2O2S. The molecule has 2 N–H and O–H groups in total. The van der Waals surface area contributed by atoms with Crippen LogP contribution < -0.4 is 4.72 Å². The fourth-order valence-electron chi connectivity index (χ4n) is 3.60. The van der Waals surface area contributed by atoms with Gasteiger partial charge in [0.05, 0.1) is 24.1 Å². The fourth-order valence-corrected chi connectivity index (χ4v) is 4.24. The first kappa shape index (κ1) is 21.3. The molecule has 0 spiro atoms. The lowest BCUT2D eigenvalue weighted by Crippen LogP contribution is -2.56. The predicted molar refractivity (Wildman–Crippen MR) is 110 cm³/mol. The molecule has 1 amide bonds. The molecule has 3 atom stereocenters. The van der Waals surface area contributed by atoms with Gasteiger partial charge < -0.3 is 10.0 Å². The third-order valence-corrected chi connectivity index (χ3v) is 5.99. The van der Waals surface area contributed by atoms with Crippen molar-refractivity contribution in [3.63, 3.8) is 0 Å². The Balaban J connectivity index is 2.34. The molecule has 0 radical (unpaired) electrons. The molecule has 1 heterocycles. The summed E-state index contributed by atoms with van der Waals surface area (Å²) < 4.78 is 3.27. The van der Waals surface area contributed by atoms with Gasteiger partial charge in [-0.1, -0.05) is 55.6 Å². The summed E-state index contributed by atoms with van der Waals surface area (Å²) in [7, 11) is 0. The molecule has 4 nitrogen and oxygen atoms in total. The minimum Gasteiger partial charge on any atom is -0.394 e. The number of aliphatic hydroxyl groups excluding tert-OH is 1. The highest BCUT2D eigenvalue weighted by molar-refractivity contribution is 7.97. The quantitative estimate of drug-likeness (QED) is 0.373. The Morgan fingerprint density at radius 2 is 2.19 bits per heavy atom. The first-order valence-corrected chi connectivity index (χ1v) is 10.5. The number of nitrogens with zero attached hydrogens (tertiary/aromatic N) is 1. The Hall–Kier alpha value is -1.01. The highest BCUT2D eigenvalue weighted by atomic mass is 35.5. The fraction of sp³-hybridized carbons (Fsp3) is 0.550. The number of amides is 1. The van der Waals surface area contributed by atoms with Crippen molar-refractivity contribution in [2.45, 2.75) is 45.2 Å². The number of benzene rings is 1. The molecule has 1 saturated heterocycles. The summed E-state index contributed by atoms with van der Waals surface area (Å²) in [6.07, 6.45) is 4.12. The number of likely N-dealkylation sites (tertiary alicyclic amines) is 1. The van der Waals surface area contributed by atoms with Crippen LogP contribution in [-0.2, 0) is 4.79 Å². The summed E-state index contributed by atoms with van der Waals surface area (Å²) in [5, 5.41) is 10.7. The minimum atomic E-state index is -0.462. The summed E-state index contributed by atoms with van der Waals surface area (Å²) in [6, 6.07) is 7.35. The van der Waals surface area contributed by atoms with E-state index in [-0.39, 0.29) is 24.6 Å². The van der Waals surface area contributed by atoms with E-state index in [2.05, 4.69) is 18.2 Å². The Kier molecular flexibility index (Phi) is 8.02. The number of hydrogen-bond acceptors (Lipinski definition) is 4. The van der Waals surface area contributed by atoms with Crippen molar-refractivity contribution in [2.24, 2.45) is 5.41 Å². The van der Waals surface area contributed by atoms with Gasteiger partial charge in [0.15, 0.2) is 0 Å². The summed E-state index contributed by atoms with van der Waals surface area (Å²) in [4.78, 5) is 15.3. The second-order valence-electron chi connectivity index (χ2n) is 6.99. The average Bonchev–Trinajstić information content (AvgIpc) is 2.63. The van der Waals surface area contributed by atoms with E-state index < -0.39 is 5.41 Å². The molecule has 1 aliphatic heterocycles. The van der Waals surface area contributed by atoms with Gasteiger partial charge in [-0.2, -0.15) is 0 Å². The van der Waals surface area contributed by atoms with Gasteiger partial charge in [0.25, 0.3) is 0 Å². The van der Waals surface area contributed by atoms with E-state index >= 15 is 0 Å². The van der Waals surface area contributed by atoms with Crippen LogP contribution in [0.1, 0.15) is 44.7 Å².